The van der Waals surface area contributed by atoms with Crippen LogP contribution in [0.5, 0.6) is 0 Å². The van der Waals surface area contributed by atoms with Crippen LogP contribution in [0.4, 0.5) is 0 Å². The maximum Gasteiger partial charge on any atom is 0.0604 e. The van der Waals surface area contributed by atoms with Crippen molar-refractivity contribution in [1.82, 2.24) is 10.6 Å². The van der Waals surface area contributed by atoms with Gasteiger partial charge in [-0.05, 0) is 58.5 Å². The van der Waals surface area contributed by atoms with Gasteiger partial charge in [-0.1, -0.05) is 0 Å². The summed E-state index contributed by atoms with van der Waals surface area (Å²) in [4.78, 5) is 0. The van der Waals surface area contributed by atoms with Crippen LogP contribution in [0.3, 0.4) is 0 Å². The van der Waals surface area contributed by atoms with E-state index in [2.05, 4.69) is 24.5 Å². The van der Waals surface area contributed by atoms with Gasteiger partial charge in [-0.2, -0.15) is 0 Å². The Morgan fingerprint density at radius 1 is 1.31 bits per heavy atom. The summed E-state index contributed by atoms with van der Waals surface area (Å²) in [5, 5.41) is 7.19. The number of hydrogen-bond donors (Lipinski definition) is 2. The number of nitrogens with one attached hydrogen (secondary N) is 2. The van der Waals surface area contributed by atoms with E-state index in [0.717, 1.165) is 18.6 Å². The van der Waals surface area contributed by atoms with Gasteiger partial charge in [0, 0.05) is 18.7 Å². The molecule has 0 aromatic rings. The largest absolute Gasteiger partial charge is 0.378 e. The van der Waals surface area contributed by atoms with E-state index in [1.165, 1.54) is 38.8 Å². The minimum Gasteiger partial charge on any atom is -0.378 e. The molecule has 0 amide bonds. The Morgan fingerprint density at radius 3 is 2.81 bits per heavy atom. The summed E-state index contributed by atoms with van der Waals surface area (Å²) in [6, 6.07) is 1.43. The molecule has 3 heteroatoms. The van der Waals surface area contributed by atoms with Gasteiger partial charge in [0.25, 0.3) is 0 Å². The molecule has 16 heavy (non-hydrogen) atoms. The number of hydrogen-bond acceptors (Lipinski definition) is 3. The van der Waals surface area contributed by atoms with Gasteiger partial charge in [0.05, 0.1) is 6.10 Å². The molecule has 94 valence electrons. The zero-order valence-corrected chi connectivity index (χ0v) is 10.7. The third-order valence-corrected chi connectivity index (χ3v) is 3.92. The van der Waals surface area contributed by atoms with Crippen molar-refractivity contribution in [2.75, 3.05) is 19.7 Å². The van der Waals surface area contributed by atoms with Gasteiger partial charge < -0.3 is 15.4 Å². The van der Waals surface area contributed by atoms with Crippen LogP contribution in [-0.2, 0) is 4.74 Å². The summed E-state index contributed by atoms with van der Waals surface area (Å²) >= 11 is 0. The Morgan fingerprint density at radius 2 is 2.12 bits per heavy atom. The van der Waals surface area contributed by atoms with Crippen molar-refractivity contribution in [1.29, 1.82) is 0 Å². The minimum atomic E-state index is 0.537. The Balaban J connectivity index is 1.55. The Bertz CT molecular complexity index is 204. The molecule has 2 N–H and O–H groups in total. The fraction of sp³-hybridized carbons (Fsp3) is 1.00. The number of ether oxygens (including phenoxy) is 1. The van der Waals surface area contributed by atoms with E-state index >= 15 is 0 Å². The lowest BCUT2D eigenvalue weighted by Gasteiger charge is -2.37. The molecule has 1 saturated heterocycles. The monoisotopic (exact) mass is 226 g/mol. The highest BCUT2D eigenvalue weighted by Gasteiger charge is 2.29. The predicted molar refractivity (Wildman–Crippen MR) is 66.6 cm³/mol. The van der Waals surface area contributed by atoms with E-state index < -0.39 is 0 Å². The third kappa shape index (κ3) is 3.44. The second-order valence-electron chi connectivity index (χ2n) is 5.40. The van der Waals surface area contributed by atoms with Gasteiger partial charge in [-0.3, -0.25) is 0 Å². The van der Waals surface area contributed by atoms with E-state index in [-0.39, 0.29) is 0 Å². The molecule has 0 bridgehead atoms. The molecule has 2 unspecified atom stereocenters. The lowest BCUT2D eigenvalue weighted by Crippen LogP contribution is -2.48. The number of rotatable bonds is 5. The zero-order chi connectivity index (χ0) is 11.4. The van der Waals surface area contributed by atoms with Crippen molar-refractivity contribution in [3.63, 3.8) is 0 Å². The van der Waals surface area contributed by atoms with Gasteiger partial charge in [0.1, 0.15) is 0 Å². The van der Waals surface area contributed by atoms with E-state index in [4.69, 9.17) is 4.74 Å². The lowest BCUT2D eigenvalue weighted by atomic mass is 9.87. The summed E-state index contributed by atoms with van der Waals surface area (Å²) in [7, 11) is 0. The van der Waals surface area contributed by atoms with E-state index in [1.807, 2.05) is 0 Å². The second-order valence-corrected chi connectivity index (χ2v) is 5.40. The molecule has 3 nitrogen and oxygen atoms in total. The molecule has 0 spiro atoms. The van der Waals surface area contributed by atoms with Crippen molar-refractivity contribution in [3.05, 3.63) is 0 Å². The quantitative estimate of drug-likeness (QED) is 0.746. The van der Waals surface area contributed by atoms with Crippen LogP contribution >= 0.6 is 0 Å². The minimum absolute atomic E-state index is 0.537. The highest BCUT2D eigenvalue weighted by molar-refractivity contribution is 4.87. The first-order valence-electron chi connectivity index (χ1n) is 6.86. The van der Waals surface area contributed by atoms with Gasteiger partial charge in [0.15, 0.2) is 0 Å². The summed E-state index contributed by atoms with van der Waals surface area (Å²) in [5.41, 5.74) is 0. The first-order chi connectivity index (χ1) is 7.78. The molecule has 2 atom stereocenters. The van der Waals surface area contributed by atoms with Crippen LogP contribution < -0.4 is 10.6 Å². The van der Waals surface area contributed by atoms with Crippen LogP contribution in [0.1, 0.15) is 39.5 Å². The van der Waals surface area contributed by atoms with E-state index in [9.17, 15) is 0 Å². The molecule has 1 aliphatic carbocycles. The summed E-state index contributed by atoms with van der Waals surface area (Å²) in [5.74, 6) is 0.877. The molecular formula is C13H26N2O. The SMILES string of the molecule is CCOC1CC(NCC2CCNC(C)C2)C1. The fourth-order valence-electron chi connectivity index (χ4n) is 2.86. The molecule has 0 radical (unpaired) electrons. The first kappa shape index (κ1) is 12.3. The smallest absolute Gasteiger partial charge is 0.0604 e. The topological polar surface area (TPSA) is 33.3 Å². The predicted octanol–water partition coefficient (Wildman–Crippen LogP) is 1.53. The molecule has 1 saturated carbocycles. The summed E-state index contributed by atoms with van der Waals surface area (Å²) < 4.78 is 5.57. The molecule has 0 aromatic heterocycles. The molecular weight excluding hydrogens is 200 g/mol. The van der Waals surface area contributed by atoms with Crippen LogP contribution in [-0.4, -0.2) is 37.9 Å². The van der Waals surface area contributed by atoms with Crippen molar-refractivity contribution >= 4 is 0 Å². The second kappa shape index (κ2) is 5.99. The lowest BCUT2D eigenvalue weighted by molar-refractivity contribution is -0.0109. The Labute approximate surface area is 99.3 Å². The maximum atomic E-state index is 5.57. The first-order valence-corrected chi connectivity index (χ1v) is 6.86. The molecule has 0 aromatic carbocycles. The number of piperidine rings is 1. The molecule has 2 rings (SSSR count). The standard InChI is InChI=1S/C13H26N2O/c1-3-16-13-7-12(8-13)15-9-11-4-5-14-10(2)6-11/h10-15H,3-9H2,1-2H3. The highest BCUT2D eigenvalue weighted by Crippen LogP contribution is 2.24. The fourth-order valence-corrected chi connectivity index (χ4v) is 2.86. The average Bonchev–Trinajstić information content (AvgIpc) is 2.21. The Kier molecular flexibility index (Phi) is 4.62. The van der Waals surface area contributed by atoms with Gasteiger partial charge in [-0.15, -0.1) is 0 Å². The van der Waals surface area contributed by atoms with Crippen molar-refractivity contribution in [2.45, 2.75) is 57.7 Å². The van der Waals surface area contributed by atoms with Crippen LogP contribution in [0, 0.1) is 5.92 Å². The van der Waals surface area contributed by atoms with Crippen LogP contribution in [0.2, 0.25) is 0 Å². The maximum absolute atomic E-state index is 5.57. The van der Waals surface area contributed by atoms with Gasteiger partial charge in [-0.25, -0.2) is 0 Å². The van der Waals surface area contributed by atoms with Crippen molar-refractivity contribution < 1.29 is 4.74 Å². The van der Waals surface area contributed by atoms with Crippen molar-refractivity contribution in [3.8, 4) is 0 Å². The Hall–Kier alpha value is -0.120. The average molecular weight is 226 g/mol. The summed E-state index contributed by atoms with van der Waals surface area (Å²) in [6.07, 6.45) is 5.63. The van der Waals surface area contributed by atoms with Gasteiger partial charge in [0.2, 0.25) is 0 Å². The van der Waals surface area contributed by atoms with Crippen LogP contribution in [0.25, 0.3) is 0 Å². The van der Waals surface area contributed by atoms with E-state index in [0.29, 0.717) is 12.1 Å². The normalized spacial score (nSPS) is 39.4. The van der Waals surface area contributed by atoms with Gasteiger partial charge >= 0.3 is 0 Å². The van der Waals surface area contributed by atoms with Crippen LogP contribution in [0.15, 0.2) is 0 Å². The molecule has 1 heterocycles. The third-order valence-electron chi connectivity index (χ3n) is 3.92. The van der Waals surface area contributed by atoms with Crippen molar-refractivity contribution in [2.24, 2.45) is 5.92 Å². The molecule has 1 aliphatic heterocycles. The summed E-state index contributed by atoms with van der Waals surface area (Å²) in [6.45, 7) is 7.64. The highest BCUT2D eigenvalue weighted by atomic mass is 16.5. The molecule has 2 aliphatic rings. The van der Waals surface area contributed by atoms with E-state index in [1.54, 1.807) is 0 Å². The zero-order valence-electron chi connectivity index (χ0n) is 10.7. The molecule has 2 fully saturated rings.